The third-order valence-electron chi connectivity index (χ3n) is 2.47. The number of rotatable bonds is 10. The van der Waals surface area contributed by atoms with E-state index in [-0.39, 0.29) is 12.8 Å². The first-order valence-corrected chi connectivity index (χ1v) is 6.75. The third-order valence-corrected chi connectivity index (χ3v) is 2.47. The van der Waals surface area contributed by atoms with Crippen LogP contribution in [0.3, 0.4) is 0 Å². The van der Waals surface area contributed by atoms with Crippen molar-refractivity contribution in [1.82, 2.24) is 0 Å². The summed E-state index contributed by atoms with van der Waals surface area (Å²) in [6.45, 7) is 7.11. The van der Waals surface area contributed by atoms with Crippen LogP contribution in [0.4, 0.5) is 0 Å². The predicted molar refractivity (Wildman–Crippen MR) is 85.4 cm³/mol. The summed E-state index contributed by atoms with van der Waals surface area (Å²) >= 11 is 0. The van der Waals surface area contributed by atoms with E-state index in [2.05, 4.69) is 25.0 Å². The van der Waals surface area contributed by atoms with Gasteiger partial charge in [-0.3, -0.25) is 0 Å². The van der Waals surface area contributed by atoms with E-state index in [1.54, 1.807) is 12.2 Å². The molecule has 0 saturated carbocycles. The zero-order valence-electron chi connectivity index (χ0n) is 12.5. The molecule has 0 aliphatic rings. The first kappa shape index (κ1) is 19.3. The Labute approximate surface area is 131 Å². The Kier molecular flexibility index (Phi) is 10.6. The fourth-order valence-electron chi connectivity index (χ4n) is 1.52. The minimum Gasteiger partial charge on any atom is -0.458 e. The molecule has 2 unspecified atom stereocenters. The van der Waals surface area contributed by atoms with Gasteiger partial charge in [0.1, 0.15) is 12.2 Å². The van der Waals surface area contributed by atoms with Crippen molar-refractivity contribution in [2.45, 2.75) is 37.9 Å². The van der Waals surface area contributed by atoms with E-state index in [4.69, 9.17) is 22.3 Å². The fraction of sp³-hybridized carbons (Fsp3) is 0.333. The molecule has 0 aromatic heterocycles. The van der Waals surface area contributed by atoms with Crippen LogP contribution in [0.25, 0.3) is 0 Å². The molecule has 0 aromatic rings. The SMILES string of the molecule is C#CCC(CC=C)OC(=O)/C=C\C(=O)OC(CC#C)CC=C. The third kappa shape index (κ3) is 9.23. The van der Waals surface area contributed by atoms with E-state index in [1.165, 1.54) is 0 Å². The minimum atomic E-state index is -0.670. The molecule has 4 nitrogen and oxygen atoms in total. The smallest absolute Gasteiger partial charge is 0.331 e. The number of hydrogen-bond acceptors (Lipinski definition) is 4. The van der Waals surface area contributed by atoms with Crippen LogP contribution in [0, 0.1) is 24.7 Å². The highest BCUT2D eigenvalue weighted by atomic mass is 16.5. The van der Waals surface area contributed by atoms with Crippen molar-refractivity contribution in [2.75, 3.05) is 0 Å². The molecule has 0 aliphatic carbocycles. The van der Waals surface area contributed by atoms with Crippen molar-refractivity contribution >= 4 is 11.9 Å². The lowest BCUT2D eigenvalue weighted by Crippen LogP contribution is -2.17. The molecule has 0 aliphatic heterocycles. The molecule has 116 valence electrons. The molecule has 4 heteroatoms. The van der Waals surface area contributed by atoms with E-state index in [0.29, 0.717) is 12.8 Å². The second-order valence-electron chi connectivity index (χ2n) is 4.32. The van der Waals surface area contributed by atoms with E-state index in [0.717, 1.165) is 12.2 Å². The van der Waals surface area contributed by atoms with Crippen molar-refractivity contribution in [3.05, 3.63) is 37.5 Å². The standard InChI is InChI=1S/C18H20O4/c1-5-9-15(10-6-2)21-17(19)13-14-18(20)22-16(11-7-3)12-8-4/h1,3,6,8,13-16H,2,4,9-12H2/b14-13-. The summed E-state index contributed by atoms with van der Waals surface area (Å²) in [4.78, 5) is 23.2. The zero-order valence-corrected chi connectivity index (χ0v) is 12.5. The Morgan fingerprint density at radius 2 is 1.27 bits per heavy atom. The van der Waals surface area contributed by atoms with Crippen molar-refractivity contribution < 1.29 is 19.1 Å². The van der Waals surface area contributed by atoms with Gasteiger partial charge in [0.2, 0.25) is 0 Å². The molecule has 2 atom stereocenters. The molecule has 0 radical (unpaired) electrons. The van der Waals surface area contributed by atoms with Gasteiger partial charge in [0.25, 0.3) is 0 Å². The summed E-state index contributed by atoms with van der Waals surface area (Å²) in [6, 6.07) is 0. The maximum absolute atomic E-state index is 11.6. The quantitative estimate of drug-likeness (QED) is 0.269. The maximum Gasteiger partial charge on any atom is 0.331 e. The van der Waals surface area contributed by atoms with E-state index in [9.17, 15) is 9.59 Å². The fourth-order valence-corrected chi connectivity index (χ4v) is 1.52. The topological polar surface area (TPSA) is 52.6 Å². The van der Waals surface area contributed by atoms with Crippen LogP contribution < -0.4 is 0 Å². The van der Waals surface area contributed by atoms with Crippen LogP contribution >= 0.6 is 0 Å². The summed E-state index contributed by atoms with van der Waals surface area (Å²) in [7, 11) is 0. The van der Waals surface area contributed by atoms with Crippen molar-refractivity contribution in [3.63, 3.8) is 0 Å². The number of ether oxygens (including phenoxy) is 2. The summed E-state index contributed by atoms with van der Waals surface area (Å²) < 4.78 is 10.2. The lowest BCUT2D eigenvalue weighted by Gasteiger charge is -2.13. The lowest BCUT2D eigenvalue weighted by molar-refractivity contribution is -0.145. The van der Waals surface area contributed by atoms with Crippen LogP contribution in [-0.2, 0) is 19.1 Å². The molecule has 0 N–H and O–H groups in total. The van der Waals surface area contributed by atoms with Gasteiger partial charge in [-0.25, -0.2) is 9.59 Å². The Hall–Kier alpha value is -2.72. The van der Waals surface area contributed by atoms with Gasteiger partial charge in [0.15, 0.2) is 0 Å². The van der Waals surface area contributed by atoms with Crippen molar-refractivity contribution in [2.24, 2.45) is 0 Å². The summed E-state index contributed by atoms with van der Waals surface area (Å²) in [6.07, 6.45) is 16.1. The predicted octanol–water partition coefficient (Wildman–Crippen LogP) is 2.57. The maximum atomic E-state index is 11.6. The highest BCUT2D eigenvalue weighted by Gasteiger charge is 2.12. The lowest BCUT2D eigenvalue weighted by atomic mass is 10.2. The van der Waals surface area contributed by atoms with Crippen LogP contribution in [0.15, 0.2) is 37.5 Å². The van der Waals surface area contributed by atoms with Gasteiger partial charge < -0.3 is 9.47 Å². The van der Waals surface area contributed by atoms with Gasteiger partial charge in [0.05, 0.1) is 0 Å². The van der Waals surface area contributed by atoms with Crippen LogP contribution in [-0.4, -0.2) is 24.1 Å². The van der Waals surface area contributed by atoms with Crippen LogP contribution in [0.1, 0.15) is 25.7 Å². The number of esters is 2. The summed E-state index contributed by atoms with van der Waals surface area (Å²) in [5, 5.41) is 0. The Bertz CT molecular complexity index is 456. The number of hydrogen-bond donors (Lipinski definition) is 0. The first-order chi connectivity index (χ1) is 10.6. The molecule has 0 rings (SSSR count). The van der Waals surface area contributed by atoms with E-state index >= 15 is 0 Å². The van der Waals surface area contributed by atoms with Gasteiger partial charge in [-0.2, -0.15) is 0 Å². The highest BCUT2D eigenvalue weighted by Crippen LogP contribution is 2.06. The van der Waals surface area contributed by atoms with E-state index in [1.807, 2.05) is 0 Å². The molecule has 0 spiro atoms. The van der Waals surface area contributed by atoms with Gasteiger partial charge in [0, 0.05) is 37.8 Å². The average Bonchev–Trinajstić information content (AvgIpc) is 2.46. The van der Waals surface area contributed by atoms with Gasteiger partial charge in [-0.1, -0.05) is 12.2 Å². The van der Waals surface area contributed by atoms with Crippen LogP contribution in [0.2, 0.25) is 0 Å². The normalized spacial score (nSPS) is 12.5. The monoisotopic (exact) mass is 300 g/mol. The zero-order chi connectivity index (χ0) is 16.8. The molecule has 0 amide bonds. The average molecular weight is 300 g/mol. The second kappa shape index (κ2) is 12.1. The van der Waals surface area contributed by atoms with Gasteiger partial charge in [-0.15, -0.1) is 37.8 Å². The van der Waals surface area contributed by atoms with Crippen LogP contribution in [0.5, 0.6) is 0 Å². The molecule has 22 heavy (non-hydrogen) atoms. The molecule has 0 bridgehead atoms. The Morgan fingerprint density at radius 3 is 1.55 bits per heavy atom. The minimum absolute atomic E-state index is 0.277. The van der Waals surface area contributed by atoms with Gasteiger partial charge >= 0.3 is 11.9 Å². The van der Waals surface area contributed by atoms with Crippen molar-refractivity contribution in [3.8, 4) is 24.7 Å². The second-order valence-corrected chi connectivity index (χ2v) is 4.32. The molecule has 0 fully saturated rings. The number of carbonyl (C=O) groups excluding carboxylic acids is 2. The summed E-state index contributed by atoms with van der Waals surface area (Å²) in [5.41, 5.74) is 0. The number of carbonyl (C=O) groups is 2. The first-order valence-electron chi connectivity index (χ1n) is 6.75. The Balaban J connectivity index is 4.43. The Morgan fingerprint density at radius 1 is 0.909 bits per heavy atom. The van der Waals surface area contributed by atoms with Gasteiger partial charge in [-0.05, 0) is 0 Å². The molecule has 0 heterocycles. The van der Waals surface area contributed by atoms with E-state index < -0.39 is 24.1 Å². The van der Waals surface area contributed by atoms with Crippen molar-refractivity contribution in [1.29, 1.82) is 0 Å². The summed E-state index contributed by atoms with van der Waals surface area (Å²) in [5.74, 6) is 3.48. The number of terminal acetylenes is 2. The largest absolute Gasteiger partial charge is 0.458 e. The molecule has 0 saturated heterocycles. The highest BCUT2D eigenvalue weighted by molar-refractivity contribution is 5.91. The molecular weight excluding hydrogens is 280 g/mol. The molecule has 0 aromatic carbocycles. The molecular formula is C18H20O4.